The molecule has 1 aromatic rings. The molecule has 1 aromatic carbocycles. The number of hydrogen-bond acceptors (Lipinski definition) is 0. The zero-order valence-corrected chi connectivity index (χ0v) is 7.10. The van der Waals surface area contributed by atoms with Gasteiger partial charge in [-0.25, -0.2) is 0 Å². The highest BCUT2D eigenvalue weighted by Crippen LogP contribution is 2.29. The monoisotopic (exact) mass is 186 g/mol. The highest BCUT2D eigenvalue weighted by Gasteiger charge is 2.30. The van der Waals surface area contributed by atoms with E-state index in [1.165, 1.54) is 6.07 Å². The summed E-state index contributed by atoms with van der Waals surface area (Å²) >= 11 is 0. The van der Waals surface area contributed by atoms with Gasteiger partial charge >= 0.3 is 6.18 Å². The second kappa shape index (κ2) is 3.64. The number of benzene rings is 1. The molecule has 0 saturated carbocycles. The SMILES string of the molecule is C/C=C\c1cccc(C(F)(F)F)c1. The van der Waals surface area contributed by atoms with Crippen molar-refractivity contribution in [1.29, 1.82) is 0 Å². The fraction of sp³-hybridized carbons (Fsp3) is 0.200. The lowest BCUT2D eigenvalue weighted by Gasteiger charge is -2.06. The van der Waals surface area contributed by atoms with Gasteiger partial charge in [-0.05, 0) is 24.6 Å². The van der Waals surface area contributed by atoms with Gasteiger partial charge in [-0.1, -0.05) is 24.3 Å². The molecule has 0 unspecified atom stereocenters. The van der Waals surface area contributed by atoms with Crippen LogP contribution in [0.5, 0.6) is 0 Å². The summed E-state index contributed by atoms with van der Waals surface area (Å²) in [6.45, 7) is 1.76. The lowest BCUT2D eigenvalue weighted by atomic mass is 10.1. The molecule has 0 aliphatic heterocycles. The van der Waals surface area contributed by atoms with E-state index in [-0.39, 0.29) is 0 Å². The minimum atomic E-state index is -4.25. The molecule has 0 atom stereocenters. The van der Waals surface area contributed by atoms with E-state index in [4.69, 9.17) is 0 Å². The molecule has 0 aliphatic rings. The molecule has 13 heavy (non-hydrogen) atoms. The molecule has 0 nitrogen and oxygen atoms in total. The summed E-state index contributed by atoms with van der Waals surface area (Å²) in [5, 5.41) is 0. The first-order valence-electron chi connectivity index (χ1n) is 3.84. The third-order valence-corrected chi connectivity index (χ3v) is 1.57. The average Bonchev–Trinajstić information content (AvgIpc) is 2.04. The summed E-state index contributed by atoms with van der Waals surface area (Å²) in [5.74, 6) is 0. The first-order valence-corrected chi connectivity index (χ1v) is 3.84. The van der Waals surface area contributed by atoms with Crippen LogP contribution in [0, 0.1) is 0 Å². The average molecular weight is 186 g/mol. The molecule has 3 heteroatoms. The first kappa shape index (κ1) is 9.84. The summed E-state index contributed by atoms with van der Waals surface area (Å²) in [4.78, 5) is 0. The van der Waals surface area contributed by atoms with Gasteiger partial charge in [0.15, 0.2) is 0 Å². The predicted octanol–water partition coefficient (Wildman–Crippen LogP) is 3.74. The Hall–Kier alpha value is -1.25. The van der Waals surface area contributed by atoms with Crippen LogP contribution in [0.1, 0.15) is 18.1 Å². The Bertz CT molecular complexity index is 310. The van der Waals surface area contributed by atoms with Crippen LogP contribution in [0.25, 0.3) is 6.08 Å². The predicted molar refractivity (Wildman–Crippen MR) is 46.2 cm³/mol. The number of halogens is 3. The Kier molecular flexibility index (Phi) is 2.76. The van der Waals surface area contributed by atoms with E-state index in [0.717, 1.165) is 12.1 Å². The zero-order valence-electron chi connectivity index (χ0n) is 7.10. The Labute approximate surface area is 74.7 Å². The molecular weight excluding hydrogens is 177 g/mol. The molecular formula is C10H9F3. The van der Waals surface area contributed by atoms with E-state index >= 15 is 0 Å². The summed E-state index contributed by atoms with van der Waals surface area (Å²) in [5.41, 5.74) is -0.0413. The van der Waals surface area contributed by atoms with Crippen molar-refractivity contribution in [2.24, 2.45) is 0 Å². The minimum absolute atomic E-state index is 0.567. The van der Waals surface area contributed by atoms with E-state index in [9.17, 15) is 13.2 Å². The third kappa shape index (κ3) is 2.61. The van der Waals surface area contributed by atoms with Gasteiger partial charge in [0.25, 0.3) is 0 Å². The van der Waals surface area contributed by atoms with Gasteiger partial charge < -0.3 is 0 Å². The van der Waals surface area contributed by atoms with E-state index < -0.39 is 11.7 Å². The molecule has 1 rings (SSSR count). The van der Waals surface area contributed by atoms with Gasteiger partial charge in [-0.3, -0.25) is 0 Å². The van der Waals surface area contributed by atoms with Crippen molar-refractivity contribution in [2.45, 2.75) is 13.1 Å². The summed E-state index contributed by atoms with van der Waals surface area (Å²) in [7, 11) is 0. The number of alkyl halides is 3. The smallest absolute Gasteiger partial charge is 0.166 e. The molecule has 0 fully saturated rings. The Morgan fingerprint density at radius 1 is 1.23 bits per heavy atom. The number of hydrogen-bond donors (Lipinski definition) is 0. The zero-order chi connectivity index (χ0) is 9.90. The largest absolute Gasteiger partial charge is 0.416 e. The van der Waals surface area contributed by atoms with Crippen LogP contribution >= 0.6 is 0 Å². The molecule has 0 heterocycles. The molecule has 0 aliphatic carbocycles. The molecule has 0 bridgehead atoms. The van der Waals surface area contributed by atoms with Crippen molar-refractivity contribution in [3.63, 3.8) is 0 Å². The fourth-order valence-corrected chi connectivity index (χ4v) is 1.01. The van der Waals surface area contributed by atoms with Gasteiger partial charge in [0.1, 0.15) is 0 Å². The van der Waals surface area contributed by atoms with Crippen molar-refractivity contribution in [3.05, 3.63) is 41.5 Å². The van der Waals surface area contributed by atoms with Crippen LogP contribution < -0.4 is 0 Å². The Morgan fingerprint density at radius 2 is 1.92 bits per heavy atom. The number of allylic oxidation sites excluding steroid dienone is 1. The first-order chi connectivity index (χ1) is 6.04. The standard InChI is InChI=1S/C10H9F3/c1-2-4-8-5-3-6-9(7-8)10(11,12)13/h2-7H,1H3/b4-2-. The second-order valence-electron chi connectivity index (χ2n) is 2.62. The molecule has 0 N–H and O–H groups in total. The van der Waals surface area contributed by atoms with E-state index in [1.807, 2.05) is 0 Å². The second-order valence-corrected chi connectivity index (χ2v) is 2.62. The van der Waals surface area contributed by atoms with Crippen molar-refractivity contribution >= 4 is 6.08 Å². The van der Waals surface area contributed by atoms with Crippen molar-refractivity contribution in [1.82, 2.24) is 0 Å². The maximum absolute atomic E-state index is 12.2. The summed E-state index contributed by atoms with van der Waals surface area (Å²) in [6.07, 6.45) is -0.914. The van der Waals surface area contributed by atoms with Crippen LogP contribution in [0.4, 0.5) is 13.2 Å². The van der Waals surface area contributed by atoms with E-state index in [0.29, 0.717) is 5.56 Å². The quantitative estimate of drug-likeness (QED) is 0.626. The van der Waals surface area contributed by atoms with Crippen LogP contribution in [-0.2, 0) is 6.18 Å². The molecule has 0 spiro atoms. The maximum Gasteiger partial charge on any atom is 0.416 e. The van der Waals surface area contributed by atoms with E-state index in [2.05, 4.69) is 0 Å². The van der Waals surface area contributed by atoms with Gasteiger partial charge in [0.05, 0.1) is 5.56 Å². The minimum Gasteiger partial charge on any atom is -0.166 e. The van der Waals surface area contributed by atoms with Crippen LogP contribution in [0.15, 0.2) is 30.3 Å². The van der Waals surface area contributed by atoms with Crippen molar-refractivity contribution in [3.8, 4) is 0 Å². The molecule has 0 saturated heterocycles. The molecule has 70 valence electrons. The van der Waals surface area contributed by atoms with Crippen LogP contribution in [-0.4, -0.2) is 0 Å². The highest BCUT2D eigenvalue weighted by molar-refractivity contribution is 5.50. The van der Waals surface area contributed by atoms with Gasteiger partial charge in [0, 0.05) is 0 Å². The maximum atomic E-state index is 12.2. The van der Waals surface area contributed by atoms with Gasteiger partial charge in [-0.2, -0.15) is 13.2 Å². The summed E-state index contributed by atoms with van der Waals surface area (Å²) in [6, 6.07) is 5.22. The lowest BCUT2D eigenvalue weighted by Crippen LogP contribution is -2.04. The Balaban J connectivity index is 3.05. The molecule has 0 radical (unpaired) electrons. The number of rotatable bonds is 1. The van der Waals surface area contributed by atoms with Crippen molar-refractivity contribution in [2.75, 3.05) is 0 Å². The molecule has 0 amide bonds. The Morgan fingerprint density at radius 3 is 2.46 bits per heavy atom. The topological polar surface area (TPSA) is 0 Å². The molecule has 0 aromatic heterocycles. The van der Waals surface area contributed by atoms with Gasteiger partial charge in [0.2, 0.25) is 0 Å². The highest BCUT2D eigenvalue weighted by atomic mass is 19.4. The fourth-order valence-electron chi connectivity index (χ4n) is 1.01. The van der Waals surface area contributed by atoms with Crippen molar-refractivity contribution < 1.29 is 13.2 Å². The lowest BCUT2D eigenvalue weighted by molar-refractivity contribution is -0.137. The normalized spacial score (nSPS) is 12.3. The summed E-state index contributed by atoms with van der Waals surface area (Å²) < 4.78 is 36.6. The van der Waals surface area contributed by atoms with Crippen LogP contribution in [0.3, 0.4) is 0 Å². The van der Waals surface area contributed by atoms with Gasteiger partial charge in [-0.15, -0.1) is 0 Å². The third-order valence-electron chi connectivity index (χ3n) is 1.57. The van der Waals surface area contributed by atoms with E-state index in [1.54, 1.807) is 25.1 Å². The van der Waals surface area contributed by atoms with Crippen LogP contribution in [0.2, 0.25) is 0 Å².